The van der Waals surface area contributed by atoms with E-state index in [0.29, 0.717) is 6.54 Å². The van der Waals surface area contributed by atoms with Gasteiger partial charge in [0.15, 0.2) is 0 Å². The Morgan fingerprint density at radius 1 is 1.28 bits per heavy atom. The van der Waals surface area contributed by atoms with Gasteiger partial charge in [-0.2, -0.15) is 0 Å². The highest BCUT2D eigenvalue weighted by molar-refractivity contribution is 9.10. The second-order valence-corrected chi connectivity index (χ2v) is 4.93. The molecule has 0 amide bonds. The van der Waals surface area contributed by atoms with Gasteiger partial charge in [0.25, 0.3) is 0 Å². The normalized spacial score (nSPS) is 12.4. The van der Waals surface area contributed by atoms with Gasteiger partial charge >= 0.3 is 0 Å². The first kappa shape index (κ1) is 13.1. The smallest absolute Gasteiger partial charge is 0.144 e. The van der Waals surface area contributed by atoms with E-state index in [9.17, 15) is 0 Å². The van der Waals surface area contributed by atoms with Crippen LogP contribution in [0.2, 0.25) is 0 Å². The molecule has 4 nitrogen and oxygen atoms in total. The summed E-state index contributed by atoms with van der Waals surface area (Å²) in [5.41, 5.74) is 2.01. The molecule has 5 heteroatoms. The molecule has 1 N–H and O–H groups in total. The molecule has 2 aromatic heterocycles. The summed E-state index contributed by atoms with van der Waals surface area (Å²) in [5.74, 6) is 0.798. The minimum atomic E-state index is 0.108. The van der Waals surface area contributed by atoms with Crippen LogP contribution in [-0.2, 0) is 6.54 Å². The van der Waals surface area contributed by atoms with Crippen molar-refractivity contribution in [1.82, 2.24) is 20.3 Å². The lowest BCUT2D eigenvalue weighted by Crippen LogP contribution is -2.20. The van der Waals surface area contributed by atoms with Gasteiger partial charge in [-0.05, 0) is 48.0 Å². The van der Waals surface area contributed by atoms with Crippen molar-refractivity contribution in [3.05, 3.63) is 52.3 Å². The molecule has 0 aliphatic carbocycles. The van der Waals surface area contributed by atoms with Gasteiger partial charge in [0.1, 0.15) is 5.82 Å². The lowest BCUT2D eigenvalue weighted by molar-refractivity contribution is 0.540. The molecular formula is C13H15BrN4. The summed E-state index contributed by atoms with van der Waals surface area (Å²) < 4.78 is 1.03. The minimum absolute atomic E-state index is 0.108. The van der Waals surface area contributed by atoms with Gasteiger partial charge in [-0.3, -0.25) is 4.98 Å². The summed E-state index contributed by atoms with van der Waals surface area (Å²) >= 11 is 3.44. The number of rotatable bonds is 4. The van der Waals surface area contributed by atoms with Crippen LogP contribution in [0.15, 0.2) is 35.1 Å². The van der Waals surface area contributed by atoms with Crippen LogP contribution < -0.4 is 5.32 Å². The van der Waals surface area contributed by atoms with Crippen LogP contribution in [0.25, 0.3) is 0 Å². The Kier molecular flexibility index (Phi) is 4.38. The van der Waals surface area contributed by atoms with Gasteiger partial charge in [-0.25, -0.2) is 9.97 Å². The number of aromatic nitrogens is 3. The second kappa shape index (κ2) is 6.02. The van der Waals surface area contributed by atoms with Crippen molar-refractivity contribution in [3.63, 3.8) is 0 Å². The Bertz CT molecular complexity index is 516. The number of hydrogen-bond donors (Lipinski definition) is 1. The lowest BCUT2D eigenvalue weighted by Gasteiger charge is -2.12. The number of nitrogens with one attached hydrogen (secondary N) is 1. The first-order valence-electron chi connectivity index (χ1n) is 5.79. The third-order valence-corrected chi connectivity index (χ3v) is 3.48. The van der Waals surface area contributed by atoms with Crippen LogP contribution in [0.3, 0.4) is 0 Å². The molecule has 0 saturated heterocycles. The fraction of sp³-hybridized carbons (Fsp3) is 0.308. The number of halogens is 1. The molecule has 2 rings (SSSR count). The Hall–Kier alpha value is -1.33. The molecule has 18 heavy (non-hydrogen) atoms. The molecule has 2 heterocycles. The molecule has 0 radical (unpaired) electrons. The molecule has 94 valence electrons. The van der Waals surface area contributed by atoms with E-state index in [-0.39, 0.29) is 6.04 Å². The Balaban J connectivity index is 1.97. The number of pyridine rings is 1. The topological polar surface area (TPSA) is 50.7 Å². The number of aryl methyl sites for hydroxylation is 1. The average molecular weight is 307 g/mol. The zero-order chi connectivity index (χ0) is 13.0. The molecule has 1 unspecified atom stereocenters. The zero-order valence-corrected chi connectivity index (χ0v) is 12.0. The van der Waals surface area contributed by atoms with Crippen LogP contribution in [0.5, 0.6) is 0 Å². The maximum atomic E-state index is 4.49. The summed E-state index contributed by atoms with van der Waals surface area (Å²) in [6.45, 7) is 4.73. The van der Waals surface area contributed by atoms with Crippen LogP contribution in [0.4, 0.5) is 0 Å². The third kappa shape index (κ3) is 3.34. The van der Waals surface area contributed by atoms with E-state index < -0.39 is 0 Å². The highest BCUT2D eigenvalue weighted by Crippen LogP contribution is 2.14. The van der Waals surface area contributed by atoms with Crippen LogP contribution in [0, 0.1) is 6.92 Å². The summed E-state index contributed by atoms with van der Waals surface area (Å²) in [6, 6.07) is 5.94. The molecule has 0 bridgehead atoms. The highest BCUT2D eigenvalue weighted by atomic mass is 79.9. The quantitative estimate of drug-likeness (QED) is 0.943. The predicted molar refractivity (Wildman–Crippen MR) is 74.0 cm³/mol. The Morgan fingerprint density at radius 3 is 2.67 bits per heavy atom. The molecular weight excluding hydrogens is 292 g/mol. The fourth-order valence-electron chi connectivity index (χ4n) is 1.58. The first-order chi connectivity index (χ1) is 8.66. The van der Waals surface area contributed by atoms with Crippen molar-refractivity contribution in [2.24, 2.45) is 0 Å². The van der Waals surface area contributed by atoms with Crippen molar-refractivity contribution in [2.75, 3.05) is 0 Å². The Labute approximate surface area is 115 Å². The Morgan fingerprint density at radius 2 is 2.00 bits per heavy atom. The van der Waals surface area contributed by atoms with Crippen molar-refractivity contribution in [1.29, 1.82) is 0 Å². The standard InChI is InChI=1S/C13H15BrN4/c1-9-12(14)5-4-11(18-9)8-17-10(2)13-15-6-3-7-16-13/h3-7,10,17H,8H2,1-2H3. The molecule has 0 fully saturated rings. The number of hydrogen-bond acceptors (Lipinski definition) is 4. The van der Waals surface area contributed by atoms with Crippen molar-refractivity contribution in [3.8, 4) is 0 Å². The maximum Gasteiger partial charge on any atom is 0.144 e. The summed E-state index contributed by atoms with van der Waals surface area (Å²) in [7, 11) is 0. The van der Waals surface area contributed by atoms with Crippen molar-refractivity contribution >= 4 is 15.9 Å². The van der Waals surface area contributed by atoms with E-state index >= 15 is 0 Å². The molecule has 0 aliphatic rings. The average Bonchev–Trinajstić information content (AvgIpc) is 2.41. The van der Waals surface area contributed by atoms with E-state index in [1.807, 2.05) is 32.0 Å². The summed E-state index contributed by atoms with van der Waals surface area (Å²) in [4.78, 5) is 12.9. The van der Waals surface area contributed by atoms with E-state index in [0.717, 1.165) is 21.7 Å². The molecule has 2 aromatic rings. The van der Waals surface area contributed by atoms with Crippen LogP contribution in [-0.4, -0.2) is 15.0 Å². The molecule has 0 saturated carbocycles. The van der Waals surface area contributed by atoms with E-state index in [2.05, 4.69) is 36.2 Å². The fourth-order valence-corrected chi connectivity index (χ4v) is 1.80. The van der Waals surface area contributed by atoms with Gasteiger partial charge in [-0.1, -0.05) is 0 Å². The van der Waals surface area contributed by atoms with Gasteiger partial charge in [0.05, 0.1) is 17.4 Å². The molecule has 0 aromatic carbocycles. The van der Waals surface area contributed by atoms with Crippen molar-refractivity contribution < 1.29 is 0 Å². The van der Waals surface area contributed by atoms with Crippen LogP contribution >= 0.6 is 15.9 Å². The summed E-state index contributed by atoms with van der Waals surface area (Å²) in [6.07, 6.45) is 3.51. The highest BCUT2D eigenvalue weighted by Gasteiger charge is 2.07. The molecule has 0 aliphatic heterocycles. The van der Waals surface area contributed by atoms with E-state index in [1.165, 1.54) is 0 Å². The van der Waals surface area contributed by atoms with Gasteiger partial charge in [0.2, 0.25) is 0 Å². The zero-order valence-electron chi connectivity index (χ0n) is 10.4. The van der Waals surface area contributed by atoms with E-state index in [4.69, 9.17) is 0 Å². The number of nitrogens with zero attached hydrogens (tertiary/aromatic N) is 3. The largest absolute Gasteiger partial charge is 0.302 e. The second-order valence-electron chi connectivity index (χ2n) is 4.08. The van der Waals surface area contributed by atoms with Gasteiger partial charge in [0, 0.05) is 23.4 Å². The lowest BCUT2D eigenvalue weighted by atomic mass is 10.2. The predicted octanol–water partition coefficient (Wildman–Crippen LogP) is 2.79. The monoisotopic (exact) mass is 306 g/mol. The summed E-state index contributed by atoms with van der Waals surface area (Å²) in [5, 5.41) is 3.36. The van der Waals surface area contributed by atoms with Gasteiger partial charge < -0.3 is 5.32 Å². The molecule has 1 atom stereocenters. The SMILES string of the molecule is Cc1nc(CNC(C)c2ncccn2)ccc1Br. The van der Waals surface area contributed by atoms with Gasteiger partial charge in [-0.15, -0.1) is 0 Å². The molecule has 0 spiro atoms. The van der Waals surface area contributed by atoms with E-state index in [1.54, 1.807) is 12.4 Å². The first-order valence-corrected chi connectivity index (χ1v) is 6.58. The van der Waals surface area contributed by atoms with Crippen molar-refractivity contribution in [2.45, 2.75) is 26.4 Å². The van der Waals surface area contributed by atoms with Crippen LogP contribution in [0.1, 0.15) is 30.2 Å². The minimum Gasteiger partial charge on any atom is -0.302 e. The third-order valence-electron chi connectivity index (χ3n) is 2.64. The maximum absolute atomic E-state index is 4.49.